The standard InChI is InChI=1S/C12H25NO/c1-3-5-6-7-11(4-2)12-10-14-9-8-13-12/h11-13H,3-10H2,1-2H3. The Balaban J connectivity index is 2.21. The molecule has 0 aromatic heterocycles. The molecule has 1 aliphatic heterocycles. The Bertz CT molecular complexity index is 132. The molecular weight excluding hydrogens is 174 g/mol. The summed E-state index contributed by atoms with van der Waals surface area (Å²) in [6.45, 7) is 7.41. The van der Waals surface area contributed by atoms with Crippen molar-refractivity contribution in [2.45, 2.75) is 52.0 Å². The second-order valence-electron chi connectivity index (χ2n) is 4.30. The molecule has 2 unspecified atom stereocenters. The molecule has 0 bridgehead atoms. The lowest BCUT2D eigenvalue weighted by molar-refractivity contribution is 0.0535. The highest BCUT2D eigenvalue weighted by Crippen LogP contribution is 2.19. The number of unbranched alkanes of at least 4 members (excludes halogenated alkanes) is 2. The number of hydrogen-bond acceptors (Lipinski definition) is 2. The fourth-order valence-electron chi connectivity index (χ4n) is 2.23. The zero-order valence-electron chi connectivity index (χ0n) is 9.72. The third kappa shape index (κ3) is 3.97. The molecule has 0 aromatic rings. The lowest BCUT2D eigenvalue weighted by Gasteiger charge is -2.30. The predicted octanol–water partition coefficient (Wildman–Crippen LogP) is 2.58. The van der Waals surface area contributed by atoms with Gasteiger partial charge in [-0.1, -0.05) is 39.5 Å². The number of nitrogens with one attached hydrogen (secondary N) is 1. The molecule has 2 nitrogen and oxygen atoms in total. The highest BCUT2D eigenvalue weighted by molar-refractivity contribution is 4.77. The van der Waals surface area contributed by atoms with Crippen molar-refractivity contribution in [2.24, 2.45) is 5.92 Å². The average Bonchev–Trinajstić information content (AvgIpc) is 2.26. The topological polar surface area (TPSA) is 21.3 Å². The minimum atomic E-state index is 0.616. The van der Waals surface area contributed by atoms with Gasteiger partial charge in [0.1, 0.15) is 0 Å². The Labute approximate surface area is 88.4 Å². The van der Waals surface area contributed by atoms with Crippen LogP contribution in [0.25, 0.3) is 0 Å². The van der Waals surface area contributed by atoms with E-state index in [1.807, 2.05) is 0 Å². The van der Waals surface area contributed by atoms with Gasteiger partial charge in [0.15, 0.2) is 0 Å². The van der Waals surface area contributed by atoms with Crippen LogP contribution in [0.15, 0.2) is 0 Å². The van der Waals surface area contributed by atoms with Crippen LogP contribution in [0, 0.1) is 5.92 Å². The van der Waals surface area contributed by atoms with Gasteiger partial charge in [-0.15, -0.1) is 0 Å². The second kappa shape index (κ2) is 7.24. The third-order valence-electron chi connectivity index (χ3n) is 3.22. The van der Waals surface area contributed by atoms with E-state index >= 15 is 0 Å². The maximum Gasteiger partial charge on any atom is 0.0622 e. The first-order chi connectivity index (χ1) is 6.88. The van der Waals surface area contributed by atoms with Crippen LogP contribution < -0.4 is 5.32 Å². The number of ether oxygens (including phenoxy) is 1. The fraction of sp³-hybridized carbons (Fsp3) is 1.00. The summed E-state index contributed by atoms with van der Waals surface area (Å²) in [7, 11) is 0. The van der Waals surface area contributed by atoms with E-state index in [0.717, 1.165) is 25.7 Å². The zero-order valence-corrected chi connectivity index (χ0v) is 9.72. The maximum atomic E-state index is 5.51. The maximum absolute atomic E-state index is 5.51. The summed E-state index contributed by atoms with van der Waals surface area (Å²) in [5.41, 5.74) is 0. The van der Waals surface area contributed by atoms with Gasteiger partial charge in [-0.05, 0) is 12.3 Å². The molecule has 1 rings (SSSR count). The molecular formula is C12H25NO. The van der Waals surface area contributed by atoms with E-state index in [-0.39, 0.29) is 0 Å². The van der Waals surface area contributed by atoms with Gasteiger partial charge in [0.05, 0.1) is 13.2 Å². The van der Waals surface area contributed by atoms with E-state index in [9.17, 15) is 0 Å². The van der Waals surface area contributed by atoms with Gasteiger partial charge in [0, 0.05) is 12.6 Å². The lowest BCUT2D eigenvalue weighted by atomic mass is 9.91. The molecule has 0 aliphatic carbocycles. The van der Waals surface area contributed by atoms with E-state index in [0.29, 0.717) is 6.04 Å². The van der Waals surface area contributed by atoms with Crippen LogP contribution in [-0.4, -0.2) is 25.8 Å². The molecule has 0 saturated carbocycles. The van der Waals surface area contributed by atoms with Crippen molar-refractivity contribution >= 4 is 0 Å². The van der Waals surface area contributed by atoms with E-state index in [2.05, 4.69) is 19.2 Å². The number of rotatable bonds is 6. The highest BCUT2D eigenvalue weighted by atomic mass is 16.5. The first-order valence-electron chi connectivity index (χ1n) is 6.19. The van der Waals surface area contributed by atoms with E-state index < -0.39 is 0 Å². The van der Waals surface area contributed by atoms with Gasteiger partial charge in [-0.3, -0.25) is 0 Å². The summed E-state index contributed by atoms with van der Waals surface area (Å²) in [4.78, 5) is 0. The van der Waals surface area contributed by atoms with Crippen LogP contribution in [0.1, 0.15) is 46.0 Å². The number of morpholine rings is 1. The molecule has 0 radical (unpaired) electrons. The predicted molar refractivity (Wildman–Crippen MR) is 60.5 cm³/mol. The van der Waals surface area contributed by atoms with E-state index in [1.54, 1.807) is 0 Å². The summed E-state index contributed by atoms with van der Waals surface area (Å²) >= 11 is 0. The van der Waals surface area contributed by atoms with Gasteiger partial charge < -0.3 is 10.1 Å². The van der Waals surface area contributed by atoms with Gasteiger partial charge in [-0.25, -0.2) is 0 Å². The Morgan fingerprint density at radius 2 is 2.21 bits per heavy atom. The molecule has 2 heteroatoms. The minimum Gasteiger partial charge on any atom is -0.379 e. The lowest BCUT2D eigenvalue weighted by Crippen LogP contribution is -2.45. The van der Waals surface area contributed by atoms with Crippen LogP contribution in [0.5, 0.6) is 0 Å². The first kappa shape index (κ1) is 12.0. The van der Waals surface area contributed by atoms with Crippen molar-refractivity contribution in [1.82, 2.24) is 5.32 Å². The van der Waals surface area contributed by atoms with Crippen molar-refractivity contribution in [1.29, 1.82) is 0 Å². The summed E-state index contributed by atoms with van der Waals surface area (Å²) in [5.74, 6) is 0.821. The Kier molecular flexibility index (Phi) is 6.20. The normalized spacial score (nSPS) is 24.9. The van der Waals surface area contributed by atoms with Gasteiger partial charge in [0.2, 0.25) is 0 Å². The summed E-state index contributed by atoms with van der Waals surface area (Å²) < 4.78 is 5.51. The molecule has 14 heavy (non-hydrogen) atoms. The summed E-state index contributed by atoms with van der Waals surface area (Å²) in [6.07, 6.45) is 6.73. The monoisotopic (exact) mass is 199 g/mol. The largest absolute Gasteiger partial charge is 0.379 e. The van der Waals surface area contributed by atoms with Crippen molar-refractivity contribution in [3.63, 3.8) is 0 Å². The van der Waals surface area contributed by atoms with Gasteiger partial charge >= 0.3 is 0 Å². The number of hydrogen-bond donors (Lipinski definition) is 1. The van der Waals surface area contributed by atoms with Crippen LogP contribution in [0.4, 0.5) is 0 Å². The highest BCUT2D eigenvalue weighted by Gasteiger charge is 2.21. The molecule has 0 spiro atoms. The Hall–Kier alpha value is -0.0800. The summed E-state index contributed by atoms with van der Waals surface area (Å²) in [6, 6.07) is 0.616. The zero-order chi connectivity index (χ0) is 10.2. The van der Waals surface area contributed by atoms with Crippen LogP contribution in [0.2, 0.25) is 0 Å². The Morgan fingerprint density at radius 3 is 2.79 bits per heavy atom. The molecule has 1 N–H and O–H groups in total. The first-order valence-corrected chi connectivity index (χ1v) is 6.19. The molecule has 1 fully saturated rings. The fourth-order valence-corrected chi connectivity index (χ4v) is 2.23. The van der Waals surface area contributed by atoms with Crippen molar-refractivity contribution in [3.8, 4) is 0 Å². The van der Waals surface area contributed by atoms with Gasteiger partial charge in [-0.2, -0.15) is 0 Å². The van der Waals surface area contributed by atoms with Crippen molar-refractivity contribution < 1.29 is 4.74 Å². The quantitative estimate of drug-likeness (QED) is 0.664. The van der Waals surface area contributed by atoms with Crippen LogP contribution >= 0.6 is 0 Å². The molecule has 84 valence electrons. The molecule has 0 amide bonds. The minimum absolute atomic E-state index is 0.616. The third-order valence-corrected chi connectivity index (χ3v) is 3.22. The average molecular weight is 199 g/mol. The Morgan fingerprint density at radius 1 is 1.36 bits per heavy atom. The van der Waals surface area contributed by atoms with E-state index in [1.165, 1.54) is 32.1 Å². The van der Waals surface area contributed by atoms with Gasteiger partial charge in [0.25, 0.3) is 0 Å². The molecule has 2 atom stereocenters. The van der Waals surface area contributed by atoms with Crippen molar-refractivity contribution in [2.75, 3.05) is 19.8 Å². The second-order valence-corrected chi connectivity index (χ2v) is 4.30. The molecule has 1 saturated heterocycles. The van der Waals surface area contributed by atoms with Crippen LogP contribution in [-0.2, 0) is 4.74 Å². The SMILES string of the molecule is CCCCCC(CC)C1COCCN1. The van der Waals surface area contributed by atoms with E-state index in [4.69, 9.17) is 4.74 Å². The molecule has 0 aromatic carbocycles. The van der Waals surface area contributed by atoms with Crippen molar-refractivity contribution in [3.05, 3.63) is 0 Å². The molecule has 1 heterocycles. The van der Waals surface area contributed by atoms with Crippen LogP contribution in [0.3, 0.4) is 0 Å². The smallest absolute Gasteiger partial charge is 0.0622 e. The summed E-state index contributed by atoms with van der Waals surface area (Å²) in [5, 5.41) is 3.57. The molecule has 1 aliphatic rings.